The quantitative estimate of drug-likeness (QED) is 0.626. The Balaban J connectivity index is 2.69. The van der Waals surface area contributed by atoms with E-state index in [-0.39, 0.29) is 5.82 Å². The van der Waals surface area contributed by atoms with E-state index in [1.165, 1.54) is 6.07 Å². The van der Waals surface area contributed by atoms with E-state index in [0.29, 0.717) is 5.69 Å². The van der Waals surface area contributed by atoms with Gasteiger partial charge in [-0.15, -0.1) is 0 Å². The van der Waals surface area contributed by atoms with Crippen molar-refractivity contribution in [1.82, 2.24) is 0 Å². The number of rotatable bonds is 1. The summed E-state index contributed by atoms with van der Waals surface area (Å²) in [5.41, 5.74) is 2.66. The molecule has 15 heavy (non-hydrogen) atoms. The van der Waals surface area contributed by atoms with Crippen molar-refractivity contribution < 1.29 is 8.96 Å². The van der Waals surface area contributed by atoms with E-state index in [9.17, 15) is 4.39 Å². The first-order valence-electron chi connectivity index (χ1n) is 4.90. The number of nitrogens with zero attached hydrogens (tertiary/aromatic N) is 1. The van der Waals surface area contributed by atoms with Gasteiger partial charge in [0.2, 0.25) is 5.69 Å². The lowest BCUT2D eigenvalue weighted by atomic mass is 10.0. The molecule has 2 aromatic rings. The van der Waals surface area contributed by atoms with Gasteiger partial charge in [0.25, 0.3) is 0 Å². The minimum Gasteiger partial charge on any atom is -0.200 e. The Hall–Kier alpha value is -1.70. The zero-order valence-electron chi connectivity index (χ0n) is 8.87. The predicted octanol–water partition coefficient (Wildman–Crippen LogP) is 2.63. The molecular weight excluding hydrogens is 189 g/mol. The molecule has 0 aliphatic carbocycles. The molecule has 0 aliphatic rings. The topological polar surface area (TPSA) is 3.88 Å². The van der Waals surface area contributed by atoms with Crippen LogP contribution in [0.15, 0.2) is 42.6 Å². The SMILES string of the molecule is Cc1ccccc1-c1c(F)ccc[n+]1C. The van der Waals surface area contributed by atoms with Crippen molar-refractivity contribution in [3.63, 3.8) is 0 Å². The molecule has 0 saturated heterocycles. The average Bonchev–Trinajstić information content (AvgIpc) is 2.20. The van der Waals surface area contributed by atoms with Crippen LogP contribution in [0.2, 0.25) is 0 Å². The molecule has 0 N–H and O–H groups in total. The van der Waals surface area contributed by atoms with Gasteiger partial charge in [-0.25, -0.2) is 0 Å². The van der Waals surface area contributed by atoms with E-state index in [1.54, 1.807) is 10.6 Å². The second kappa shape index (κ2) is 3.81. The molecule has 76 valence electrons. The van der Waals surface area contributed by atoms with Crippen LogP contribution in [0.1, 0.15) is 5.56 Å². The average molecular weight is 202 g/mol. The van der Waals surface area contributed by atoms with Crippen LogP contribution in [-0.2, 0) is 7.05 Å². The fourth-order valence-electron chi connectivity index (χ4n) is 1.74. The Labute approximate surface area is 88.8 Å². The zero-order valence-corrected chi connectivity index (χ0v) is 8.87. The van der Waals surface area contributed by atoms with Crippen LogP contribution in [0.5, 0.6) is 0 Å². The molecule has 2 rings (SSSR count). The molecule has 1 aromatic carbocycles. The molecule has 0 atom stereocenters. The third-order valence-electron chi connectivity index (χ3n) is 2.53. The molecule has 0 spiro atoms. The van der Waals surface area contributed by atoms with Gasteiger partial charge in [-0.3, -0.25) is 0 Å². The van der Waals surface area contributed by atoms with Gasteiger partial charge in [-0.1, -0.05) is 18.2 Å². The number of hydrogen-bond donors (Lipinski definition) is 0. The maximum Gasteiger partial charge on any atom is 0.248 e. The highest BCUT2D eigenvalue weighted by atomic mass is 19.1. The second-order valence-electron chi connectivity index (χ2n) is 3.63. The Bertz CT molecular complexity index is 471. The van der Waals surface area contributed by atoms with Gasteiger partial charge in [-0.05, 0) is 24.6 Å². The molecular formula is C13H13FN+. The van der Waals surface area contributed by atoms with E-state index in [0.717, 1.165) is 11.1 Å². The molecule has 2 heteroatoms. The normalized spacial score (nSPS) is 10.3. The van der Waals surface area contributed by atoms with Gasteiger partial charge >= 0.3 is 0 Å². The van der Waals surface area contributed by atoms with Crippen LogP contribution < -0.4 is 4.57 Å². The lowest BCUT2D eigenvalue weighted by Crippen LogP contribution is -2.31. The maximum absolute atomic E-state index is 13.7. The van der Waals surface area contributed by atoms with Crippen LogP contribution in [0, 0.1) is 12.7 Å². The summed E-state index contributed by atoms with van der Waals surface area (Å²) in [6.07, 6.45) is 1.85. The highest BCUT2D eigenvalue weighted by Crippen LogP contribution is 2.21. The second-order valence-corrected chi connectivity index (χ2v) is 3.63. The molecule has 0 amide bonds. The summed E-state index contributed by atoms with van der Waals surface area (Å²) in [6, 6.07) is 11.0. The third kappa shape index (κ3) is 1.75. The largest absolute Gasteiger partial charge is 0.248 e. The van der Waals surface area contributed by atoms with Crippen molar-refractivity contribution in [2.24, 2.45) is 7.05 Å². The van der Waals surface area contributed by atoms with E-state index in [1.807, 2.05) is 44.4 Å². The summed E-state index contributed by atoms with van der Waals surface area (Å²) < 4.78 is 15.5. The first-order chi connectivity index (χ1) is 7.20. The van der Waals surface area contributed by atoms with E-state index in [2.05, 4.69) is 0 Å². The zero-order chi connectivity index (χ0) is 10.8. The van der Waals surface area contributed by atoms with Crippen LogP contribution in [0.3, 0.4) is 0 Å². The third-order valence-corrected chi connectivity index (χ3v) is 2.53. The molecule has 1 heterocycles. The predicted molar refractivity (Wildman–Crippen MR) is 57.7 cm³/mol. The first-order valence-corrected chi connectivity index (χ1v) is 4.90. The minimum atomic E-state index is -0.186. The van der Waals surface area contributed by atoms with Crippen molar-refractivity contribution >= 4 is 0 Å². The Morgan fingerprint density at radius 1 is 1.07 bits per heavy atom. The lowest BCUT2D eigenvalue weighted by molar-refractivity contribution is -0.661. The van der Waals surface area contributed by atoms with Gasteiger partial charge in [0.1, 0.15) is 7.05 Å². The molecule has 0 aliphatic heterocycles. The van der Waals surface area contributed by atoms with Crippen molar-refractivity contribution in [1.29, 1.82) is 0 Å². The Kier molecular flexibility index (Phi) is 2.50. The van der Waals surface area contributed by atoms with E-state index < -0.39 is 0 Å². The van der Waals surface area contributed by atoms with Gasteiger partial charge in [0.05, 0.1) is 5.56 Å². The highest BCUT2D eigenvalue weighted by Gasteiger charge is 2.16. The maximum atomic E-state index is 13.7. The fraction of sp³-hybridized carbons (Fsp3) is 0.154. The molecule has 0 unspecified atom stereocenters. The van der Waals surface area contributed by atoms with E-state index >= 15 is 0 Å². The monoisotopic (exact) mass is 202 g/mol. The van der Waals surface area contributed by atoms with Crippen LogP contribution in [0.4, 0.5) is 4.39 Å². The summed E-state index contributed by atoms with van der Waals surface area (Å²) in [6.45, 7) is 1.99. The van der Waals surface area contributed by atoms with Crippen molar-refractivity contribution in [2.75, 3.05) is 0 Å². The first kappa shape index (κ1) is 9.84. The minimum absolute atomic E-state index is 0.186. The molecule has 0 fully saturated rings. The number of aromatic nitrogens is 1. The summed E-state index contributed by atoms with van der Waals surface area (Å²) in [7, 11) is 1.85. The molecule has 1 aromatic heterocycles. The molecule has 0 bridgehead atoms. The van der Waals surface area contributed by atoms with Gasteiger partial charge in [0.15, 0.2) is 12.0 Å². The summed E-state index contributed by atoms with van der Waals surface area (Å²) >= 11 is 0. The summed E-state index contributed by atoms with van der Waals surface area (Å²) in [4.78, 5) is 0. The molecule has 1 nitrogen and oxygen atoms in total. The van der Waals surface area contributed by atoms with Crippen molar-refractivity contribution in [2.45, 2.75) is 6.92 Å². The number of pyridine rings is 1. The van der Waals surface area contributed by atoms with Crippen LogP contribution in [-0.4, -0.2) is 0 Å². The van der Waals surface area contributed by atoms with Crippen LogP contribution >= 0.6 is 0 Å². The summed E-state index contributed by atoms with van der Waals surface area (Å²) in [5.74, 6) is -0.186. The Morgan fingerprint density at radius 3 is 2.47 bits per heavy atom. The fourth-order valence-corrected chi connectivity index (χ4v) is 1.74. The summed E-state index contributed by atoms with van der Waals surface area (Å²) in [5, 5.41) is 0. The van der Waals surface area contributed by atoms with Gasteiger partial charge < -0.3 is 0 Å². The lowest BCUT2D eigenvalue weighted by Gasteiger charge is -2.04. The molecule has 0 radical (unpaired) electrons. The van der Waals surface area contributed by atoms with Crippen molar-refractivity contribution in [3.05, 3.63) is 54.0 Å². The number of hydrogen-bond acceptors (Lipinski definition) is 0. The standard InChI is InChI=1S/C13H13FN/c1-10-6-3-4-7-11(10)13-12(14)8-5-9-15(13)2/h3-9H,1-2H3/q+1. The smallest absolute Gasteiger partial charge is 0.200 e. The number of benzene rings is 1. The molecule has 0 saturated carbocycles. The number of aryl methyl sites for hydroxylation is 2. The van der Waals surface area contributed by atoms with Gasteiger partial charge in [0, 0.05) is 6.07 Å². The van der Waals surface area contributed by atoms with Crippen molar-refractivity contribution in [3.8, 4) is 11.3 Å². The number of halogens is 1. The van der Waals surface area contributed by atoms with Gasteiger partial charge in [-0.2, -0.15) is 8.96 Å². The highest BCUT2D eigenvalue weighted by molar-refractivity contribution is 5.61. The Morgan fingerprint density at radius 2 is 1.80 bits per heavy atom. The van der Waals surface area contributed by atoms with Crippen LogP contribution in [0.25, 0.3) is 11.3 Å². The van der Waals surface area contributed by atoms with E-state index in [4.69, 9.17) is 0 Å².